The smallest absolute Gasteiger partial charge is 0.194 e. The zero-order valence-electron chi connectivity index (χ0n) is 15.9. The highest BCUT2D eigenvalue weighted by atomic mass is 127. The minimum atomic E-state index is 0. The fourth-order valence-corrected chi connectivity index (χ4v) is 3.15. The Balaban J connectivity index is 0.00000261. The summed E-state index contributed by atoms with van der Waals surface area (Å²) in [4.78, 5) is 11.4. The van der Waals surface area contributed by atoms with E-state index >= 15 is 0 Å². The molecule has 1 aromatic carbocycles. The van der Waals surface area contributed by atoms with Gasteiger partial charge in [0.1, 0.15) is 0 Å². The molecule has 0 amide bonds. The van der Waals surface area contributed by atoms with E-state index in [1.807, 2.05) is 30.5 Å². The molecule has 3 rings (SSSR count). The van der Waals surface area contributed by atoms with Crippen LogP contribution in [0.5, 0.6) is 0 Å². The number of aromatic nitrogens is 1. The largest absolute Gasteiger partial charge is 0.376 e. The Bertz CT molecular complexity index is 681. The standard InChI is InChI=1S/C21H28N4O.HI/c1-2-22-21(24-14-20-10-6-7-12-23-20)25-13-11-19(15-25)17-26-16-18-8-4-3-5-9-18;/h3-10,12,19H,2,11,13-17H2,1H3,(H,22,24);1H. The Morgan fingerprint density at radius 2 is 2.04 bits per heavy atom. The van der Waals surface area contributed by atoms with Crippen LogP contribution < -0.4 is 5.32 Å². The molecule has 1 unspecified atom stereocenters. The third-order valence-corrected chi connectivity index (χ3v) is 4.50. The number of nitrogens with zero attached hydrogens (tertiary/aromatic N) is 3. The maximum atomic E-state index is 5.92. The lowest BCUT2D eigenvalue weighted by Gasteiger charge is -2.21. The molecule has 5 nitrogen and oxygen atoms in total. The van der Waals surface area contributed by atoms with E-state index in [0.717, 1.165) is 44.3 Å². The Labute approximate surface area is 179 Å². The first-order valence-corrected chi connectivity index (χ1v) is 9.40. The van der Waals surface area contributed by atoms with Crippen LogP contribution in [0.4, 0.5) is 0 Å². The SMILES string of the molecule is CCNC(=NCc1ccccn1)N1CCC(COCc2ccccc2)C1.I. The molecule has 0 bridgehead atoms. The summed E-state index contributed by atoms with van der Waals surface area (Å²) in [6.45, 7) is 7.07. The van der Waals surface area contributed by atoms with Crippen LogP contribution in [0.25, 0.3) is 0 Å². The first-order valence-electron chi connectivity index (χ1n) is 9.40. The van der Waals surface area contributed by atoms with Crippen LogP contribution in [-0.2, 0) is 17.9 Å². The average Bonchev–Trinajstić information content (AvgIpc) is 3.15. The van der Waals surface area contributed by atoms with Gasteiger partial charge in [0.15, 0.2) is 5.96 Å². The predicted molar refractivity (Wildman–Crippen MR) is 120 cm³/mol. The number of benzene rings is 1. The van der Waals surface area contributed by atoms with Crippen molar-refractivity contribution in [3.8, 4) is 0 Å². The summed E-state index contributed by atoms with van der Waals surface area (Å²) in [5.74, 6) is 1.53. The van der Waals surface area contributed by atoms with Gasteiger partial charge in [-0.25, -0.2) is 4.99 Å². The van der Waals surface area contributed by atoms with Gasteiger partial charge in [0.2, 0.25) is 0 Å². The minimum Gasteiger partial charge on any atom is -0.376 e. The van der Waals surface area contributed by atoms with E-state index in [1.165, 1.54) is 5.56 Å². The maximum Gasteiger partial charge on any atom is 0.194 e. The van der Waals surface area contributed by atoms with Crippen LogP contribution in [0.1, 0.15) is 24.6 Å². The molecule has 1 saturated heterocycles. The van der Waals surface area contributed by atoms with E-state index in [4.69, 9.17) is 9.73 Å². The van der Waals surface area contributed by atoms with E-state index in [-0.39, 0.29) is 24.0 Å². The van der Waals surface area contributed by atoms with Crippen molar-refractivity contribution in [2.75, 3.05) is 26.2 Å². The number of aliphatic imine (C=N–C) groups is 1. The molecule has 27 heavy (non-hydrogen) atoms. The quantitative estimate of drug-likeness (QED) is 0.373. The van der Waals surface area contributed by atoms with Gasteiger partial charge >= 0.3 is 0 Å². The average molecular weight is 480 g/mol. The summed E-state index contributed by atoms with van der Waals surface area (Å²) < 4.78 is 5.92. The summed E-state index contributed by atoms with van der Waals surface area (Å²) in [5.41, 5.74) is 2.22. The monoisotopic (exact) mass is 480 g/mol. The predicted octanol–water partition coefficient (Wildman–Crippen LogP) is 3.70. The van der Waals surface area contributed by atoms with E-state index < -0.39 is 0 Å². The van der Waals surface area contributed by atoms with Gasteiger partial charge in [-0.3, -0.25) is 4.98 Å². The van der Waals surface area contributed by atoms with Crippen LogP contribution >= 0.6 is 24.0 Å². The molecular formula is C21H29IN4O. The van der Waals surface area contributed by atoms with Gasteiger partial charge in [-0.15, -0.1) is 24.0 Å². The third-order valence-electron chi connectivity index (χ3n) is 4.50. The van der Waals surface area contributed by atoms with Crippen LogP contribution in [0.3, 0.4) is 0 Å². The van der Waals surface area contributed by atoms with Crippen molar-refractivity contribution >= 4 is 29.9 Å². The molecule has 1 aliphatic heterocycles. The van der Waals surface area contributed by atoms with Crippen LogP contribution in [0, 0.1) is 5.92 Å². The number of ether oxygens (including phenoxy) is 1. The molecule has 0 radical (unpaired) electrons. The fourth-order valence-electron chi connectivity index (χ4n) is 3.15. The number of guanidine groups is 1. The Morgan fingerprint density at radius 1 is 1.22 bits per heavy atom. The number of hydrogen-bond donors (Lipinski definition) is 1. The van der Waals surface area contributed by atoms with E-state index in [0.29, 0.717) is 19.1 Å². The van der Waals surface area contributed by atoms with E-state index in [2.05, 4.69) is 46.4 Å². The van der Waals surface area contributed by atoms with Crippen molar-refractivity contribution in [2.45, 2.75) is 26.5 Å². The lowest BCUT2D eigenvalue weighted by atomic mass is 10.1. The van der Waals surface area contributed by atoms with Gasteiger partial charge in [0.05, 0.1) is 25.5 Å². The molecule has 146 valence electrons. The second-order valence-corrected chi connectivity index (χ2v) is 6.59. The summed E-state index contributed by atoms with van der Waals surface area (Å²) in [7, 11) is 0. The summed E-state index contributed by atoms with van der Waals surface area (Å²) in [5, 5.41) is 3.40. The van der Waals surface area contributed by atoms with Gasteiger partial charge in [0.25, 0.3) is 0 Å². The minimum absolute atomic E-state index is 0. The summed E-state index contributed by atoms with van der Waals surface area (Å²) in [6, 6.07) is 16.3. The van der Waals surface area contributed by atoms with Gasteiger partial charge < -0.3 is 15.0 Å². The van der Waals surface area contributed by atoms with Crippen LogP contribution in [0.2, 0.25) is 0 Å². The number of nitrogens with one attached hydrogen (secondary N) is 1. The molecule has 1 N–H and O–H groups in total. The molecule has 1 aromatic heterocycles. The van der Waals surface area contributed by atoms with Crippen molar-refractivity contribution < 1.29 is 4.74 Å². The zero-order chi connectivity index (χ0) is 18.0. The molecule has 1 atom stereocenters. The van der Waals surface area contributed by atoms with Gasteiger partial charge in [-0.1, -0.05) is 36.4 Å². The number of pyridine rings is 1. The Kier molecular flexibility index (Phi) is 9.55. The van der Waals surface area contributed by atoms with Crippen molar-refractivity contribution in [3.05, 3.63) is 66.0 Å². The normalized spacial score (nSPS) is 16.9. The molecule has 6 heteroatoms. The lowest BCUT2D eigenvalue weighted by molar-refractivity contribution is 0.0906. The fraction of sp³-hybridized carbons (Fsp3) is 0.429. The first kappa shape index (κ1) is 21.6. The van der Waals surface area contributed by atoms with Crippen molar-refractivity contribution in [1.29, 1.82) is 0 Å². The molecule has 0 saturated carbocycles. The lowest BCUT2D eigenvalue weighted by Crippen LogP contribution is -2.40. The number of rotatable bonds is 7. The Hall–Kier alpha value is -1.67. The molecule has 1 aliphatic rings. The molecule has 1 fully saturated rings. The van der Waals surface area contributed by atoms with Gasteiger partial charge in [-0.2, -0.15) is 0 Å². The maximum absolute atomic E-state index is 5.92. The zero-order valence-corrected chi connectivity index (χ0v) is 18.2. The molecule has 0 spiro atoms. The van der Waals surface area contributed by atoms with Crippen molar-refractivity contribution in [1.82, 2.24) is 15.2 Å². The Morgan fingerprint density at radius 3 is 2.78 bits per heavy atom. The van der Waals surface area contributed by atoms with Crippen LogP contribution in [0.15, 0.2) is 59.7 Å². The second-order valence-electron chi connectivity index (χ2n) is 6.59. The molecular weight excluding hydrogens is 451 g/mol. The number of likely N-dealkylation sites (tertiary alicyclic amines) is 1. The first-order chi connectivity index (χ1) is 12.8. The van der Waals surface area contributed by atoms with Gasteiger partial charge in [0, 0.05) is 31.7 Å². The topological polar surface area (TPSA) is 49.8 Å². The van der Waals surface area contributed by atoms with E-state index in [1.54, 1.807) is 0 Å². The summed E-state index contributed by atoms with van der Waals surface area (Å²) >= 11 is 0. The van der Waals surface area contributed by atoms with Crippen molar-refractivity contribution in [2.24, 2.45) is 10.9 Å². The highest BCUT2D eigenvalue weighted by Crippen LogP contribution is 2.17. The third kappa shape index (κ3) is 7.10. The molecule has 2 aromatic rings. The highest BCUT2D eigenvalue weighted by molar-refractivity contribution is 14.0. The summed E-state index contributed by atoms with van der Waals surface area (Å²) in [6.07, 6.45) is 2.95. The molecule has 0 aliphatic carbocycles. The highest BCUT2D eigenvalue weighted by Gasteiger charge is 2.25. The number of halogens is 1. The number of hydrogen-bond acceptors (Lipinski definition) is 3. The van der Waals surface area contributed by atoms with Gasteiger partial charge in [-0.05, 0) is 31.0 Å². The second kappa shape index (κ2) is 11.9. The van der Waals surface area contributed by atoms with Crippen molar-refractivity contribution in [3.63, 3.8) is 0 Å². The van der Waals surface area contributed by atoms with E-state index in [9.17, 15) is 0 Å². The molecule has 2 heterocycles. The van der Waals surface area contributed by atoms with Crippen LogP contribution in [-0.4, -0.2) is 42.1 Å².